The minimum atomic E-state index is 0.182. The number of rotatable bonds is 4. The fraction of sp³-hybridized carbons (Fsp3) is 0.714. The van der Waals surface area contributed by atoms with Gasteiger partial charge in [-0.3, -0.25) is 0 Å². The summed E-state index contributed by atoms with van der Waals surface area (Å²) in [7, 11) is 7.25. The van der Waals surface area contributed by atoms with Gasteiger partial charge in [-0.2, -0.15) is 0 Å². The minimum Gasteiger partial charge on any atom is -0.306 e. The summed E-state index contributed by atoms with van der Waals surface area (Å²) in [6.45, 7) is 3.53. The van der Waals surface area contributed by atoms with E-state index in [9.17, 15) is 0 Å². The van der Waals surface area contributed by atoms with Crippen molar-refractivity contribution in [3.8, 4) is 0 Å². The molecule has 0 amide bonds. The molecule has 0 bridgehead atoms. The smallest absolute Gasteiger partial charge is 0.306 e. The largest absolute Gasteiger partial charge is 0.363 e. The van der Waals surface area contributed by atoms with E-state index in [0.717, 1.165) is 0 Å². The van der Waals surface area contributed by atoms with Gasteiger partial charge in [-0.1, -0.05) is 5.10 Å². The van der Waals surface area contributed by atoms with Gasteiger partial charge in [-0.05, 0) is 0 Å². The Morgan fingerprint density at radius 1 is 1.57 bits per heavy atom. The molecule has 0 aliphatic heterocycles. The summed E-state index contributed by atoms with van der Waals surface area (Å²) in [4.78, 5) is 0. The van der Waals surface area contributed by atoms with Gasteiger partial charge in [0.05, 0.1) is 0 Å². The molecule has 0 aromatic heterocycles. The van der Waals surface area contributed by atoms with Gasteiger partial charge in [-0.25, -0.2) is 10.4 Å². The summed E-state index contributed by atoms with van der Waals surface area (Å²) in [5.74, 6) is 1.16. The number of nitrogens with zero attached hydrogens (tertiary/aromatic N) is 4. The van der Waals surface area contributed by atoms with Gasteiger partial charge in [0.1, 0.15) is 7.05 Å². The van der Waals surface area contributed by atoms with Crippen molar-refractivity contribution < 1.29 is 4.59 Å². The molecule has 2 N–H and O–H groups in total. The van der Waals surface area contributed by atoms with Crippen molar-refractivity contribution in [3.05, 3.63) is 0 Å². The molecule has 7 heteroatoms. The number of nitrogens with one attached hydrogen (secondary N) is 2. The molecule has 0 spiro atoms. The van der Waals surface area contributed by atoms with Crippen molar-refractivity contribution in [1.29, 1.82) is 0 Å². The van der Waals surface area contributed by atoms with Crippen LogP contribution in [-0.2, 0) is 0 Å². The third kappa shape index (κ3) is 2.86. The first-order valence-corrected chi connectivity index (χ1v) is 4.79. The van der Waals surface area contributed by atoms with E-state index in [1.165, 1.54) is 0 Å². The first kappa shape index (κ1) is 13.2. The third-order valence-electron chi connectivity index (χ3n) is 1.87. The van der Waals surface area contributed by atoms with Crippen LogP contribution in [0.4, 0.5) is 0 Å². The van der Waals surface area contributed by atoms with E-state index in [-0.39, 0.29) is 4.59 Å². The highest BCUT2D eigenvalue weighted by Crippen LogP contribution is 2.08. The molecule has 0 radical (unpaired) electrons. The molecule has 1 atom stereocenters. The molecule has 82 valence electrons. The predicted molar refractivity (Wildman–Crippen MR) is 62.9 cm³/mol. The Morgan fingerprint density at radius 3 is 2.43 bits per heavy atom. The number of hydrogen-bond acceptors (Lipinski definition) is 5. The highest BCUT2D eigenvalue weighted by molar-refractivity contribution is 7.80. The van der Waals surface area contributed by atoms with Gasteiger partial charge >= 0.3 is 5.96 Å². The predicted octanol–water partition coefficient (Wildman–Crippen LogP) is -0.507. The minimum absolute atomic E-state index is 0.182. The summed E-state index contributed by atoms with van der Waals surface area (Å²) in [6, 6.07) is 0. The topological polar surface area (TPSA) is 52.0 Å². The molecule has 1 unspecified atom stereocenters. The summed E-state index contributed by atoms with van der Waals surface area (Å²) in [5.41, 5.74) is 5.68. The molecule has 0 saturated heterocycles. The number of hydrogen-bond donors (Lipinski definition) is 3. The standard InChI is InChI=1S/C7H18N6S/c1-8-11-7(12(4)9-2)13(5,6-14)10-3/h8-9H,3,6H2,1-2,4-5H3/p+1/b11-7-. The van der Waals surface area contributed by atoms with Crippen molar-refractivity contribution in [2.24, 2.45) is 10.2 Å². The van der Waals surface area contributed by atoms with Crippen LogP contribution in [0.15, 0.2) is 10.2 Å². The highest BCUT2D eigenvalue weighted by Gasteiger charge is 2.31. The van der Waals surface area contributed by atoms with Crippen LogP contribution in [0, 0.1) is 0 Å². The van der Waals surface area contributed by atoms with Crippen molar-refractivity contribution in [2.45, 2.75) is 0 Å². The second-order valence-electron chi connectivity index (χ2n) is 2.84. The summed E-state index contributed by atoms with van der Waals surface area (Å²) in [5, 5.41) is 9.86. The fourth-order valence-corrected chi connectivity index (χ4v) is 1.09. The maximum Gasteiger partial charge on any atom is 0.363 e. The van der Waals surface area contributed by atoms with E-state index in [1.54, 1.807) is 19.1 Å². The van der Waals surface area contributed by atoms with Crippen LogP contribution in [0.2, 0.25) is 0 Å². The van der Waals surface area contributed by atoms with Gasteiger partial charge < -0.3 is 5.43 Å². The molecule has 0 rings (SSSR count). The van der Waals surface area contributed by atoms with E-state index in [4.69, 9.17) is 0 Å². The average Bonchev–Trinajstić information content (AvgIpc) is 2.23. The van der Waals surface area contributed by atoms with E-state index in [0.29, 0.717) is 11.8 Å². The lowest BCUT2D eigenvalue weighted by Crippen LogP contribution is -2.55. The fourth-order valence-electron chi connectivity index (χ4n) is 0.877. The van der Waals surface area contributed by atoms with Crippen LogP contribution >= 0.6 is 12.6 Å². The second-order valence-corrected chi connectivity index (χ2v) is 3.12. The number of hydrazine groups is 1. The van der Waals surface area contributed by atoms with Gasteiger partial charge in [0.15, 0.2) is 5.88 Å². The first-order valence-electron chi connectivity index (χ1n) is 4.16. The van der Waals surface area contributed by atoms with Crippen molar-refractivity contribution >= 4 is 25.3 Å². The SMILES string of the molecule is C=N[N+](C)(CS)/C(=N\NC)N(C)NC. The Morgan fingerprint density at radius 2 is 2.14 bits per heavy atom. The molecule has 0 aliphatic rings. The molecular formula is C7H19N6S+. The molecule has 0 fully saturated rings. The Kier molecular flexibility index (Phi) is 5.51. The van der Waals surface area contributed by atoms with E-state index in [1.807, 2.05) is 14.1 Å². The maximum atomic E-state index is 4.22. The molecule has 0 aromatic rings. The second kappa shape index (κ2) is 5.84. The zero-order valence-electron chi connectivity index (χ0n) is 9.15. The van der Waals surface area contributed by atoms with Crippen LogP contribution in [0.3, 0.4) is 0 Å². The van der Waals surface area contributed by atoms with Crippen LogP contribution in [0.1, 0.15) is 0 Å². The lowest BCUT2D eigenvalue weighted by atomic mass is 10.7. The quantitative estimate of drug-likeness (QED) is 0.149. The van der Waals surface area contributed by atoms with Crippen molar-refractivity contribution in [2.75, 3.05) is 34.1 Å². The van der Waals surface area contributed by atoms with E-state index >= 15 is 0 Å². The molecule has 0 aliphatic carbocycles. The monoisotopic (exact) mass is 219 g/mol. The number of hydrazone groups is 1. The zero-order chi connectivity index (χ0) is 11.2. The average molecular weight is 219 g/mol. The van der Waals surface area contributed by atoms with E-state index < -0.39 is 0 Å². The number of thiol groups is 1. The van der Waals surface area contributed by atoms with Crippen LogP contribution in [-0.4, -0.2) is 56.3 Å². The van der Waals surface area contributed by atoms with Gasteiger partial charge in [0.25, 0.3) is 0 Å². The van der Waals surface area contributed by atoms with E-state index in [2.05, 4.69) is 40.4 Å². The maximum absolute atomic E-state index is 4.22. The molecule has 0 heterocycles. The van der Waals surface area contributed by atoms with Gasteiger partial charge in [0, 0.05) is 27.9 Å². The van der Waals surface area contributed by atoms with Gasteiger partial charge in [-0.15, -0.1) is 22.3 Å². The van der Waals surface area contributed by atoms with Gasteiger partial charge in [0.2, 0.25) is 0 Å². The first-order chi connectivity index (χ1) is 6.55. The van der Waals surface area contributed by atoms with Crippen LogP contribution in [0.25, 0.3) is 0 Å². The Balaban J connectivity index is 4.98. The normalized spacial score (nSPS) is 15.9. The summed E-state index contributed by atoms with van der Waals surface area (Å²) in [6.07, 6.45) is 0. The van der Waals surface area contributed by atoms with Crippen molar-refractivity contribution in [3.63, 3.8) is 0 Å². The lowest BCUT2D eigenvalue weighted by Gasteiger charge is -2.29. The Hall–Kier alpha value is -0.790. The summed E-state index contributed by atoms with van der Waals surface area (Å²) >= 11 is 4.22. The zero-order valence-corrected chi connectivity index (χ0v) is 10.0. The Labute approximate surface area is 90.6 Å². The highest BCUT2D eigenvalue weighted by atomic mass is 32.1. The third-order valence-corrected chi connectivity index (χ3v) is 2.42. The molecule has 0 aromatic carbocycles. The summed E-state index contributed by atoms with van der Waals surface area (Å²) < 4.78 is 0.182. The molecule has 6 nitrogen and oxygen atoms in total. The van der Waals surface area contributed by atoms with Crippen molar-refractivity contribution in [1.82, 2.24) is 15.9 Å². The molecule has 0 saturated carbocycles. The Bertz CT molecular complexity index is 218. The number of guanidine groups is 1. The molecule has 14 heavy (non-hydrogen) atoms. The number of quaternary nitrogens is 1. The molecular weight excluding hydrogens is 200 g/mol. The lowest BCUT2D eigenvalue weighted by molar-refractivity contribution is -0.819. The van der Waals surface area contributed by atoms with Crippen LogP contribution in [0.5, 0.6) is 0 Å². The van der Waals surface area contributed by atoms with Crippen LogP contribution < -0.4 is 10.9 Å².